The lowest BCUT2D eigenvalue weighted by atomic mass is 10.1. The zero-order valence-electron chi connectivity index (χ0n) is 16.0. The van der Waals surface area contributed by atoms with Gasteiger partial charge in [0, 0.05) is 5.54 Å². The Labute approximate surface area is 163 Å². The molecule has 0 aliphatic carbocycles. The number of furan rings is 1. The zero-order valence-corrected chi connectivity index (χ0v) is 16.8. The topological polar surface area (TPSA) is 72.9 Å². The maximum atomic E-state index is 12.2. The monoisotopic (exact) mass is 384 g/mol. The highest BCUT2D eigenvalue weighted by molar-refractivity contribution is 7.99. The molecular formula is C20H24N4O2S. The van der Waals surface area contributed by atoms with E-state index in [4.69, 9.17) is 4.42 Å². The molecule has 3 aromatic rings. The van der Waals surface area contributed by atoms with Gasteiger partial charge < -0.3 is 9.73 Å². The fraction of sp³-hybridized carbons (Fsp3) is 0.350. The van der Waals surface area contributed by atoms with E-state index in [0.717, 1.165) is 22.7 Å². The molecule has 0 fully saturated rings. The van der Waals surface area contributed by atoms with Crippen LogP contribution in [-0.4, -0.2) is 32.0 Å². The van der Waals surface area contributed by atoms with Crippen LogP contribution < -0.4 is 5.32 Å². The van der Waals surface area contributed by atoms with Crippen LogP contribution in [-0.2, 0) is 11.3 Å². The van der Waals surface area contributed by atoms with Crippen molar-refractivity contribution in [1.82, 2.24) is 20.1 Å². The SMILES string of the molecule is Cc1occc1-c1nnc(SCC(=O)NC(C)(C)C)n1Cc1ccccc1. The number of hydrogen-bond acceptors (Lipinski definition) is 5. The number of aromatic nitrogens is 3. The van der Waals surface area contributed by atoms with Gasteiger partial charge in [0.15, 0.2) is 11.0 Å². The fourth-order valence-electron chi connectivity index (χ4n) is 2.70. The number of aryl methyl sites for hydroxylation is 1. The number of carbonyl (C=O) groups is 1. The van der Waals surface area contributed by atoms with E-state index in [1.807, 2.05) is 56.5 Å². The summed E-state index contributed by atoms with van der Waals surface area (Å²) < 4.78 is 7.46. The standard InChI is InChI=1S/C20H24N4O2S/c1-14-16(10-11-26-14)18-22-23-19(27-13-17(25)21-20(2,3)4)24(18)12-15-8-6-5-7-9-15/h5-11H,12-13H2,1-4H3,(H,21,25). The number of hydrogen-bond donors (Lipinski definition) is 1. The molecule has 1 aromatic carbocycles. The molecule has 0 spiro atoms. The molecule has 3 rings (SSSR count). The largest absolute Gasteiger partial charge is 0.469 e. The Morgan fingerprint density at radius 2 is 1.93 bits per heavy atom. The maximum absolute atomic E-state index is 12.2. The van der Waals surface area contributed by atoms with E-state index < -0.39 is 0 Å². The third kappa shape index (κ3) is 5.01. The van der Waals surface area contributed by atoms with Gasteiger partial charge in [-0.25, -0.2) is 0 Å². The van der Waals surface area contributed by atoms with Crippen LogP contribution in [0.2, 0.25) is 0 Å². The van der Waals surface area contributed by atoms with Gasteiger partial charge in [-0.1, -0.05) is 42.1 Å². The number of benzene rings is 1. The molecular weight excluding hydrogens is 360 g/mol. The first-order valence-corrected chi connectivity index (χ1v) is 9.77. The minimum atomic E-state index is -0.256. The van der Waals surface area contributed by atoms with Crippen molar-refractivity contribution in [1.29, 1.82) is 0 Å². The van der Waals surface area contributed by atoms with Crippen molar-refractivity contribution in [3.05, 3.63) is 54.0 Å². The summed E-state index contributed by atoms with van der Waals surface area (Å²) in [4.78, 5) is 12.2. The van der Waals surface area contributed by atoms with Crippen molar-refractivity contribution in [2.24, 2.45) is 0 Å². The molecule has 0 aliphatic rings. The van der Waals surface area contributed by atoms with E-state index in [1.54, 1.807) is 6.26 Å². The second-order valence-corrected chi connectivity index (χ2v) is 8.30. The van der Waals surface area contributed by atoms with Crippen molar-refractivity contribution < 1.29 is 9.21 Å². The second kappa shape index (κ2) is 8.00. The van der Waals surface area contributed by atoms with Gasteiger partial charge >= 0.3 is 0 Å². The third-order valence-electron chi connectivity index (χ3n) is 3.85. The van der Waals surface area contributed by atoms with Gasteiger partial charge in [0.05, 0.1) is 24.1 Å². The van der Waals surface area contributed by atoms with E-state index in [-0.39, 0.29) is 17.2 Å². The molecule has 0 saturated carbocycles. The molecule has 0 unspecified atom stereocenters. The molecule has 0 saturated heterocycles. The summed E-state index contributed by atoms with van der Waals surface area (Å²) in [5.74, 6) is 1.79. The van der Waals surface area contributed by atoms with Crippen LogP contribution in [0.3, 0.4) is 0 Å². The maximum Gasteiger partial charge on any atom is 0.230 e. The van der Waals surface area contributed by atoms with Crippen LogP contribution in [0.25, 0.3) is 11.4 Å². The van der Waals surface area contributed by atoms with Crippen LogP contribution in [0.1, 0.15) is 32.1 Å². The highest BCUT2D eigenvalue weighted by Crippen LogP contribution is 2.28. The van der Waals surface area contributed by atoms with Crippen molar-refractivity contribution in [2.45, 2.75) is 44.9 Å². The average molecular weight is 385 g/mol. The molecule has 0 bridgehead atoms. The van der Waals surface area contributed by atoms with Gasteiger partial charge in [0.1, 0.15) is 5.76 Å². The number of carbonyl (C=O) groups excluding carboxylic acids is 1. The van der Waals surface area contributed by atoms with Crippen LogP contribution >= 0.6 is 11.8 Å². The molecule has 6 nitrogen and oxygen atoms in total. The molecule has 0 atom stereocenters. The smallest absolute Gasteiger partial charge is 0.230 e. The normalized spacial score (nSPS) is 11.6. The summed E-state index contributed by atoms with van der Waals surface area (Å²) in [6, 6.07) is 12.0. The molecule has 7 heteroatoms. The Bertz CT molecular complexity index is 910. The molecule has 2 aromatic heterocycles. The molecule has 1 N–H and O–H groups in total. The number of amides is 1. The summed E-state index contributed by atoms with van der Waals surface area (Å²) in [5.41, 5.74) is 1.79. The van der Waals surface area contributed by atoms with Crippen molar-refractivity contribution >= 4 is 17.7 Å². The minimum absolute atomic E-state index is 0.0252. The summed E-state index contributed by atoms with van der Waals surface area (Å²) >= 11 is 1.39. The van der Waals surface area contributed by atoms with E-state index in [2.05, 4.69) is 27.6 Å². The second-order valence-electron chi connectivity index (χ2n) is 7.36. The van der Waals surface area contributed by atoms with E-state index in [0.29, 0.717) is 11.7 Å². The number of nitrogens with one attached hydrogen (secondary N) is 1. The lowest BCUT2D eigenvalue weighted by molar-refractivity contribution is -0.119. The summed E-state index contributed by atoms with van der Waals surface area (Å²) in [5, 5.41) is 12.4. The Kier molecular flexibility index (Phi) is 5.70. The van der Waals surface area contributed by atoms with Crippen molar-refractivity contribution in [3.8, 4) is 11.4 Å². The molecule has 27 heavy (non-hydrogen) atoms. The summed E-state index contributed by atoms with van der Waals surface area (Å²) in [6.07, 6.45) is 1.65. The zero-order chi connectivity index (χ0) is 19.4. The number of rotatable bonds is 6. The summed E-state index contributed by atoms with van der Waals surface area (Å²) in [6.45, 7) is 8.42. The Morgan fingerprint density at radius 1 is 1.19 bits per heavy atom. The first-order chi connectivity index (χ1) is 12.8. The highest BCUT2D eigenvalue weighted by Gasteiger charge is 2.20. The lowest BCUT2D eigenvalue weighted by Gasteiger charge is -2.20. The highest BCUT2D eigenvalue weighted by atomic mass is 32.2. The minimum Gasteiger partial charge on any atom is -0.469 e. The molecule has 1 amide bonds. The van der Waals surface area contributed by atoms with Crippen LogP contribution in [0.15, 0.2) is 52.2 Å². The van der Waals surface area contributed by atoms with Gasteiger partial charge in [0.2, 0.25) is 5.91 Å². The first-order valence-electron chi connectivity index (χ1n) is 8.79. The van der Waals surface area contributed by atoms with E-state index in [9.17, 15) is 4.79 Å². The van der Waals surface area contributed by atoms with Crippen molar-refractivity contribution in [3.63, 3.8) is 0 Å². The average Bonchev–Trinajstić information content (AvgIpc) is 3.18. The Morgan fingerprint density at radius 3 is 2.56 bits per heavy atom. The predicted molar refractivity (Wildman–Crippen MR) is 107 cm³/mol. The van der Waals surface area contributed by atoms with Gasteiger partial charge in [0.25, 0.3) is 0 Å². The van der Waals surface area contributed by atoms with Gasteiger partial charge in [-0.05, 0) is 39.3 Å². The Balaban J connectivity index is 1.86. The quantitative estimate of drug-likeness (QED) is 0.653. The third-order valence-corrected chi connectivity index (χ3v) is 4.81. The van der Waals surface area contributed by atoms with E-state index >= 15 is 0 Å². The molecule has 2 heterocycles. The van der Waals surface area contributed by atoms with Gasteiger partial charge in [-0.3, -0.25) is 9.36 Å². The predicted octanol–water partition coefficient (Wildman–Crippen LogP) is 3.90. The van der Waals surface area contributed by atoms with Gasteiger partial charge in [-0.2, -0.15) is 0 Å². The van der Waals surface area contributed by atoms with Crippen LogP contribution in [0, 0.1) is 6.92 Å². The number of nitrogens with zero attached hydrogens (tertiary/aromatic N) is 3. The van der Waals surface area contributed by atoms with Crippen molar-refractivity contribution in [2.75, 3.05) is 5.75 Å². The van der Waals surface area contributed by atoms with E-state index in [1.165, 1.54) is 11.8 Å². The fourth-order valence-corrected chi connectivity index (χ4v) is 3.44. The molecule has 142 valence electrons. The molecule has 0 radical (unpaired) electrons. The van der Waals surface area contributed by atoms with Gasteiger partial charge in [-0.15, -0.1) is 10.2 Å². The first kappa shape index (κ1) is 19.2. The summed E-state index contributed by atoms with van der Waals surface area (Å²) in [7, 11) is 0. The number of thioether (sulfide) groups is 1. The molecule has 0 aliphatic heterocycles. The van der Waals surface area contributed by atoms with Crippen LogP contribution in [0.5, 0.6) is 0 Å². The lowest BCUT2D eigenvalue weighted by Crippen LogP contribution is -2.41. The Hall–Kier alpha value is -2.54. The van der Waals surface area contributed by atoms with Crippen LogP contribution in [0.4, 0.5) is 0 Å².